The van der Waals surface area contributed by atoms with E-state index < -0.39 is 5.60 Å². The number of halogens is 2. The van der Waals surface area contributed by atoms with Gasteiger partial charge in [-0.1, -0.05) is 89.9 Å². The molecule has 6 heteroatoms. The number of aliphatic hydroxyl groups is 1. The molecule has 0 aliphatic carbocycles. The van der Waals surface area contributed by atoms with Crippen LogP contribution in [0.2, 0.25) is 10.0 Å². The maximum absolute atomic E-state index is 11.1. The Bertz CT molecular complexity index is 1060. The molecule has 186 valence electrons. The van der Waals surface area contributed by atoms with Gasteiger partial charge in [0, 0.05) is 32.7 Å². The molecule has 35 heavy (non-hydrogen) atoms. The van der Waals surface area contributed by atoms with E-state index in [-0.39, 0.29) is 6.10 Å². The molecule has 0 amide bonds. The number of hydrogen-bond acceptors (Lipinski definition) is 4. The molecule has 1 heterocycles. The Balaban J connectivity index is 1.33. The molecule has 1 N–H and O–H groups in total. The minimum Gasteiger partial charge on any atom is -0.385 e. The lowest BCUT2D eigenvalue weighted by atomic mass is 9.84. The minimum atomic E-state index is -0.735. The number of benzene rings is 3. The lowest BCUT2D eigenvalue weighted by Crippen LogP contribution is -2.43. The van der Waals surface area contributed by atoms with Gasteiger partial charge in [0.1, 0.15) is 0 Å². The highest BCUT2D eigenvalue weighted by atomic mass is 35.5. The lowest BCUT2D eigenvalue weighted by molar-refractivity contribution is -0.0383. The van der Waals surface area contributed by atoms with Gasteiger partial charge in [-0.15, -0.1) is 0 Å². The molecule has 0 spiro atoms. The van der Waals surface area contributed by atoms with E-state index >= 15 is 0 Å². The molecule has 0 saturated carbocycles. The van der Waals surface area contributed by atoms with E-state index in [2.05, 4.69) is 41.1 Å². The minimum absolute atomic E-state index is 0.121. The second-order valence-electron chi connectivity index (χ2n) is 9.45. The first-order valence-corrected chi connectivity index (χ1v) is 13.0. The van der Waals surface area contributed by atoms with Crippen LogP contribution in [-0.2, 0) is 16.9 Å². The van der Waals surface area contributed by atoms with E-state index in [0.717, 1.165) is 56.7 Å². The Labute approximate surface area is 219 Å². The topological polar surface area (TPSA) is 35.9 Å². The van der Waals surface area contributed by atoms with E-state index in [9.17, 15) is 5.11 Å². The van der Waals surface area contributed by atoms with Crippen molar-refractivity contribution < 1.29 is 9.84 Å². The Hall–Kier alpha value is -1.92. The van der Waals surface area contributed by atoms with Crippen LogP contribution in [0.1, 0.15) is 35.6 Å². The molecule has 4 rings (SSSR count). The van der Waals surface area contributed by atoms with Crippen molar-refractivity contribution >= 4 is 23.2 Å². The Morgan fingerprint density at radius 3 is 2.26 bits per heavy atom. The zero-order valence-corrected chi connectivity index (χ0v) is 21.8. The first-order chi connectivity index (χ1) is 16.9. The van der Waals surface area contributed by atoms with Crippen LogP contribution in [-0.4, -0.2) is 54.7 Å². The summed E-state index contributed by atoms with van der Waals surface area (Å²) in [6.45, 7) is 4.70. The van der Waals surface area contributed by atoms with Gasteiger partial charge >= 0.3 is 0 Å². The highest BCUT2D eigenvalue weighted by Gasteiger charge is 2.33. The molecule has 1 unspecified atom stereocenters. The Kier molecular flexibility index (Phi) is 9.23. The van der Waals surface area contributed by atoms with E-state index in [1.807, 2.05) is 54.6 Å². The van der Waals surface area contributed by atoms with Gasteiger partial charge in [-0.3, -0.25) is 4.90 Å². The van der Waals surface area contributed by atoms with Crippen LogP contribution in [0.3, 0.4) is 0 Å². The van der Waals surface area contributed by atoms with Gasteiger partial charge in [0.25, 0.3) is 0 Å². The third-order valence-electron chi connectivity index (χ3n) is 6.81. The second-order valence-corrected chi connectivity index (χ2v) is 10.3. The van der Waals surface area contributed by atoms with Gasteiger partial charge in [-0.25, -0.2) is 0 Å². The van der Waals surface area contributed by atoms with Crippen molar-refractivity contribution in [3.63, 3.8) is 0 Å². The van der Waals surface area contributed by atoms with Crippen LogP contribution in [0.25, 0.3) is 0 Å². The number of rotatable bonds is 10. The van der Waals surface area contributed by atoms with Crippen molar-refractivity contribution in [2.45, 2.75) is 31.1 Å². The van der Waals surface area contributed by atoms with Crippen molar-refractivity contribution in [2.75, 3.05) is 39.8 Å². The molecule has 1 saturated heterocycles. The van der Waals surface area contributed by atoms with Crippen molar-refractivity contribution in [2.24, 2.45) is 0 Å². The number of nitrogens with zero attached hydrogens (tertiary/aromatic N) is 2. The maximum Gasteiger partial charge on any atom is 0.0952 e. The summed E-state index contributed by atoms with van der Waals surface area (Å²) in [5, 5.41) is 12.2. The van der Waals surface area contributed by atoms with Gasteiger partial charge in [0.05, 0.1) is 28.4 Å². The molecule has 0 bridgehead atoms. The summed E-state index contributed by atoms with van der Waals surface area (Å²) in [5.41, 5.74) is 2.57. The third kappa shape index (κ3) is 7.29. The van der Waals surface area contributed by atoms with E-state index in [0.29, 0.717) is 16.7 Å². The van der Waals surface area contributed by atoms with Crippen molar-refractivity contribution in [1.29, 1.82) is 0 Å². The van der Waals surface area contributed by atoms with E-state index in [4.69, 9.17) is 27.9 Å². The van der Waals surface area contributed by atoms with E-state index in [1.165, 1.54) is 5.56 Å². The van der Waals surface area contributed by atoms with Crippen LogP contribution in [0, 0.1) is 0 Å². The smallest absolute Gasteiger partial charge is 0.0952 e. The summed E-state index contributed by atoms with van der Waals surface area (Å²) in [7, 11) is 2.11. The van der Waals surface area contributed by atoms with Crippen LogP contribution in [0.5, 0.6) is 0 Å². The molecule has 3 aromatic rings. The average Bonchev–Trinajstić information content (AvgIpc) is 2.87. The molecule has 1 aliphatic heterocycles. The second kappa shape index (κ2) is 12.4. The lowest BCUT2D eigenvalue weighted by Gasteiger charge is -2.38. The molecule has 0 aromatic heterocycles. The van der Waals surface area contributed by atoms with Crippen LogP contribution in [0.15, 0.2) is 78.9 Å². The predicted molar refractivity (Wildman–Crippen MR) is 144 cm³/mol. The van der Waals surface area contributed by atoms with Gasteiger partial charge < -0.3 is 14.7 Å². The standard InChI is InChI=1S/C29H34Cl2N2O2/c1-32(21-23-8-4-2-5-9-23)22-28(24-12-13-26(30)27(31)20-24)35-19-18-33-16-14-29(34,15-17-33)25-10-6-3-7-11-25/h2-13,20,28,34H,14-19,21-22H2,1H3. The van der Waals surface area contributed by atoms with Crippen LogP contribution < -0.4 is 0 Å². The Morgan fingerprint density at radius 1 is 0.943 bits per heavy atom. The highest BCUT2D eigenvalue weighted by Crippen LogP contribution is 2.33. The SMILES string of the molecule is CN(Cc1ccccc1)CC(OCCN1CCC(O)(c2ccccc2)CC1)c1ccc(Cl)c(Cl)c1. The summed E-state index contributed by atoms with van der Waals surface area (Å²) in [6.07, 6.45) is 1.34. The number of likely N-dealkylation sites (N-methyl/N-ethyl adjacent to an activating group) is 1. The van der Waals surface area contributed by atoms with Crippen LogP contribution in [0.4, 0.5) is 0 Å². The summed E-state index contributed by atoms with van der Waals surface area (Å²) < 4.78 is 6.42. The van der Waals surface area contributed by atoms with Gasteiger partial charge in [-0.05, 0) is 48.7 Å². The number of ether oxygens (including phenoxy) is 1. The normalized spacial score (nSPS) is 16.9. The molecule has 1 aliphatic rings. The van der Waals surface area contributed by atoms with Gasteiger partial charge in [0.15, 0.2) is 0 Å². The number of piperidine rings is 1. The molecule has 4 nitrogen and oxygen atoms in total. The van der Waals surface area contributed by atoms with E-state index in [1.54, 1.807) is 0 Å². The monoisotopic (exact) mass is 512 g/mol. The molecule has 3 aromatic carbocycles. The first-order valence-electron chi connectivity index (χ1n) is 12.2. The fraction of sp³-hybridized carbons (Fsp3) is 0.379. The highest BCUT2D eigenvalue weighted by molar-refractivity contribution is 6.42. The Morgan fingerprint density at radius 2 is 1.60 bits per heavy atom. The number of likely N-dealkylation sites (tertiary alicyclic amines) is 1. The van der Waals surface area contributed by atoms with Crippen molar-refractivity contribution in [3.8, 4) is 0 Å². The fourth-order valence-electron chi connectivity index (χ4n) is 4.72. The van der Waals surface area contributed by atoms with Crippen molar-refractivity contribution in [3.05, 3.63) is 106 Å². The zero-order chi connectivity index (χ0) is 24.7. The predicted octanol–water partition coefficient (Wildman–Crippen LogP) is 6.17. The van der Waals surface area contributed by atoms with Crippen LogP contribution >= 0.6 is 23.2 Å². The summed E-state index contributed by atoms with van der Waals surface area (Å²) in [4.78, 5) is 4.64. The average molecular weight is 514 g/mol. The molecule has 1 atom stereocenters. The van der Waals surface area contributed by atoms with Gasteiger partial charge in [-0.2, -0.15) is 0 Å². The van der Waals surface area contributed by atoms with Crippen molar-refractivity contribution in [1.82, 2.24) is 9.80 Å². The fourth-order valence-corrected chi connectivity index (χ4v) is 5.02. The number of hydrogen-bond donors (Lipinski definition) is 1. The summed E-state index contributed by atoms with van der Waals surface area (Å²) in [5.74, 6) is 0. The maximum atomic E-state index is 11.1. The first kappa shape index (κ1) is 26.2. The molecular formula is C29H34Cl2N2O2. The molecular weight excluding hydrogens is 479 g/mol. The summed E-state index contributed by atoms with van der Waals surface area (Å²) in [6, 6.07) is 26.2. The zero-order valence-electron chi connectivity index (χ0n) is 20.2. The molecule has 0 radical (unpaired) electrons. The quantitative estimate of drug-likeness (QED) is 0.352. The largest absolute Gasteiger partial charge is 0.385 e. The third-order valence-corrected chi connectivity index (χ3v) is 7.55. The van der Waals surface area contributed by atoms with Gasteiger partial charge in [0.2, 0.25) is 0 Å². The summed E-state index contributed by atoms with van der Waals surface area (Å²) >= 11 is 12.5. The molecule has 1 fully saturated rings.